The van der Waals surface area contributed by atoms with Crippen LogP contribution in [0.1, 0.15) is 0 Å². The molecule has 0 aromatic rings. The second kappa shape index (κ2) is 2.54. The van der Waals surface area contributed by atoms with Crippen molar-refractivity contribution < 1.29 is 0 Å². The average molecular weight is 175 g/mol. The predicted octanol–water partition coefficient (Wildman–Crippen LogP) is 0.909. The first kappa shape index (κ1) is 7.19. The summed E-state index contributed by atoms with van der Waals surface area (Å²) in [7, 11) is 0. The summed E-state index contributed by atoms with van der Waals surface area (Å²) >= 11 is 4.85. The van der Waals surface area contributed by atoms with E-state index in [1.165, 1.54) is 0 Å². The van der Waals surface area contributed by atoms with Gasteiger partial charge in [-0.25, -0.2) is 4.99 Å². The summed E-state index contributed by atoms with van der Waals surface area (Å²) in [5.41, 5.74) is 1.68. The van der Waals surface area contributed by atoms with Gasteiger partial charge in [-0.3, -0.25) is 0 Å². The van der Waals surface area contributed by atoms with E-state index in [4.69, 9.17) is 17.5 Å². The Bertz CT molecular complexity index is 370. The maximum atomic E-state index is 8.63. The lowest BCUT2D eigenvalue weighted by atomic mass is 10.0. The van der Waals surface area contributed by atoms with E-state index in [1.807, 2.05) is 12.2 Å². The SMILES string of the molecule is N#CC1C=CC2=NC(=S)NC2=C1. The van der Waals surface area contributed by atoms with Gasteiger partial charge < -0.3 is 5.32 Å². The topological polar surface area (TPSA) is 48.2 Å². The van der Waals surface area contributed by atoms with E-state index in [0.717, 1.165) is 11.4 Å². The maximum absolute atomic E-state index is 8.63. The number of hydrogen-bond donors (Lipinski definition) is 1. The third kappa shape index (κ3) is 1.04. The molecule has 0 aromatic carbocycles. The van der Waals surface area contributed by atoms with Crippen molar-refractivity contribution in [3.63, 3.8) is 0 Å². The van der Waals surface area contributed by atoms with Crippen molar-refractivity contribution in [2.75, 3.05) is 0 Å². The number of thiocarbonyl (C=S) groups is 1. The van der Waals surface area contributed by atoms with E-state index in [-0.39, 0.29) is 5.92 Å². The average Bonchev–Trinajstić information content (AvgIpc) is 2.43. The first-order valence-electron chi connectivity index (χ1n) is 3.49. The van der Waals surface area contributed by atoms with Crippen LogP contribution in [-0.2, 0) is 0 Å². The number of allylic oxidation sites excluding steroid dienone is 3. The number of nitrogens with zero attached hydrogens (tertiary/aromatic N) is 2. The molecule has 2 rings (SSSR count). The van der Waals surface area contributed by atoms with Gasteiger partial charge in [-0.1, -0.05) is 6.08 Å². The number of aliphatic imine (C=N–C) groups is 1. The summed E-state index contributed by atoms with van der Waals surface area (Å²) in [4.78, 5) is 4.05. The van der Waals surface area contributed by atoms with Crippen LogP contribution in [0.2, 0.25) is 0 Å². The molecule has 1 N–H and O–H groups in total. The summed E-state index contributed by atoms with van der Waals surface area (Å²) in [5.74, 6) is -0.160. The lowest BCUT2D eigenvalue weighted by Gasteiger charge is -2.06. The fraction of sp³-hybridized carbons (Fsp3) is 0.125. The molecular weight excluding hydrogens is 170 g/mol. The Labute approximate surface area is 75.1 Å². The van der Waals surface area contributed by atoms with E-state index in [0.29, 0.717) is 5.11 Å². The Hall–Kier alpha value is -1.47. The smallest absolute Gasteiger partial charge is 0.197 e. The summed E-state index contributed by atoms with van der Waals surface area (Å²) < 4.78 is 0. The molecule has 1 atom stereocenters. The highest BCUT2D eigenvalue weighted by molar-refractivity contribution is 7.80. The van der Waals surface area contributed by atoms with Crippen molar-refractivity contribution in [2.24, 2.45) is 10.9 Å². The second-order valence-corrected chi connectivity index (χ2v) is 2.91. The molecule has 0 saturated carbocycles. The summed E-state index contributed by atoms with van der Waals surface area (Å²) in [6, 6.07) is 2.13. The molecule has 3 nitrogen and oxygen atoms in total. The van der Waals surface area contributed by atoms with Gasteiger partial charge in [-0.15, -0.1) is 0 Å². The van der Waals surface area contributed by atoms with E-state index in [2.05, 4.69) is 16.4 Å². The minimum atomic E-state index is -0.160. The lowest BCUT2D eigenvalue weighted by Crippen LogP contribution is -2.16. The Morgan fingerprint density at radius 3 is 3.25 bits per heavy atom. The monoisotopic (exact) mass is 175 g/mol. The van der Waals surface area contributed by atoms with Crippen LogP contribution in [0.3, 0.4) is 0 Å². The zero-order valence-corrected chi connectivity index (χ0v) is 6.93. The molecule has 0 fully saturated rings. The van der Waals surface area contributed by atoms with Crippen molar-refractivity contribution in [3.05, 3.63) is 23.9 Å². The van der Waals surface area contributed by atoms with Crippen LogP contribution >= 0.6 is 12.2 Å². The Morgan fingerprint density at radius 1 is 1.67 bits per heavy atom. The Balaban J connectivity index is 2.37. The minimum Gasteiger partial charge on any atom is -0.329 e. The van der Waals surface area contributed by atoms with Crippen LogP contribution < -0.4 is 5.32 Å². The molecule has 0 spiro atoms. The van der Waals surface area contributed by atoms with Crippen LogP contribution in [0.5, 0.6) is 0 Å². The lowest BCUT2D eigenvalue weighted by molar-refractivity contribution is 1.04. The van der Waals surface area contributed by atoms with Crippen LogP contribution in [0.15, 0.2) is 28.9 Å². The third-order valence-electron chi connectivity index (χ3n) is 1.70. The third-order valence-corrected chi connectivity index (χ3v) is 1.89. The van der Waals surface area contributed by atoms with Gasteiger partial charge in [0.25, 0.3) is 0 Å². The highest BCUT2D eigenvalue weighted by Crippen LogP contribution is 2.15. The van der Waals surface area contributed by atoms with E-state index in [1.54, 1.807) is 6.08 Å². The van der Waals surface area contributed by atoms with Gasteiger partial charge in [-0.2, -0.15) is 5.26 Å². The minimum absolute atomic E-state index is 0.160. The molecule has 0 aromatic heterocycles. The largest absolute Gasteiger partial charge is 0.329 e. The molecule has 1 heterocycles. The fourth-order valence-electron chi connectivity index (χ4n) is 1.14. The number of fused-ring (bicyclic) bond motifs is 1. The zero-order chi connectivity index (χ0) is 8.55. The van der Waals surface area contributed by atoms with Gasteiger partial charge in [0.05, 0.1) is 23.4 Å². The predicted molar refractivity (Wildman–Crippen MR) is 49.5 cm³/mol. The van der Waals surface area contributed by atoms with Gasteiger partial charge in [0, 0.05) is 0 Å². The molecule has 12 heavy (non-hydrogen) atoms. The van der Waals surface area contributed by atoms with Crippen molar-refractivity contribution >= 4 is 23.0 Å². The molecular formula is C8H5N3S. The van der Waals surface area contributed by atoms with Crippen LogP contribution in [0.25, 0.3) is 0 Å². The number of hydrogen-bond acceptors (Lipinski definition) is 2. The Morgan fingerprint density at radius 2 is 2.50 bits per heavy atom. The molecule has 1 aliphatic carbocycles. The molecule has 0 saturated heterocycles. The van der Waals surface area contributed by atoms with Crippen molar-refractivity contribution in [1.82, 2.24) is 5.32 Å². The quantitative estimate of drug-likeness (QED) is 0.557. The molecule has 2 aliphatic rings. The highest BCUT2D eigenvalue weighted by atomic mass is 32.1. The Kier molecular flexibility index (Phi) is 1.52. The zero-order valence-electron chi connectivity index (χ0n) is 6.11. The second-order valence-electron chi connectivity index (χ2n) is 2.52. The van der Waals surface area contributed by atoms with Gasteiger partial charge >= 0.3 is 0 Å². The van der Waals surface area contributed by atoms with E-state index >= 15 is 0 Å². The van der Waals surface area contributed by atoms with Crippen molar-refractivity contribution in [1.29, 1.82) is 5.26 Å². The van der Waals surface area contributed by atoms with Crippen molar-refractivity contribution in [2.45, 2.75) is 0 Å². The molecule has 0 amide bonds. The van der Waals surface area contributed by atoms with Gasteiger partial charge in [-0.05, 0) is 24.4 Å². The molecule has 58 valence electrons. The van der Waals surface area contributed by atoms with E-state index < -0.39 is 0 Å². The normalized spacial score (nSPS) is 25.2. The summed E-state index contributed by atoms with van der Waals surface area (Å²) in [5, 5.41) is 12.0. The van der Waals surface area contributed by atoms with Gasteiger partial charge in [0.1, 0.15) is 0 Å². The van der Waals surface area contributed by atoms with Crippen LogP contribution in [-0.4, -0.2) is 10.8 Å². The van der Waals surface area contributed by atoms with Gasteiger partial charge in [0.15, 0.2) is 5.11 Å². The van der Waals surface area contributed by atoms with Gasteiger partial charge in [0.2, 0.25) is 0 Å². The van der Waals surface area contributed by atoms with Crippen LogP contribution in [0.4, 0.5) is 0 Å². The number of nitriles is 1. The molecule has 1 aliphatic heterocycles. The van der Waals surface area contributed by atoms with Crippen molar-refractivity contribution in [3.8, 4) is 6.07 Å². The summed E-state index contributed by atoms with van der Waals surface area (Å²) in [6.07, 6.45) is 5.44. The molecule has 4 heteroatoms. The number of nitrogens with one attached hydrogen (secondary N) is 1. The van der Waals surface area contributed by atoms with E-state index in [9.17, 15) is 0 Å². The standard InChI is InChI=1S/C8H5N3S/c9-4-5-1-2-6-7(3-5)11-8(12)10-6/h1-3,5H,(H,11,12). The molecule has 0 radical (unpaired) electrons. The number of rotatable bonds is 0. The maximum Gasteiger partial charge on any atom is 0.197 e. The fourth-order valence-corrected chi connectivity index (χ4v) is 1.35. The highest BCUT2D eigenvalue weighted by Gasteiger charge is 2.19. The first-order valence-corrected chi connectivity index (χ1v) is 3.90. The molecule has 0 bridgehead atoms. The molecule has 1 unspecified atom stereocenters. The summed E-state index contributed by atoms with van der Waals surface area (Å²) in [6.45, 7) is 0. The first-order chi connectivity index (χ1) is 5.79. The van der Waals surface area contributed by atoms with Crippen LogP contribution in [0, 0.1) is 17.2 Å².